The average molecular weight is 170 g/mol. The normalized spacial score (nSPS) is 29.3. The number of ether oxygens (including phenoxy) is 2. The molecule has 0 atom stereocenters. The third-order valence-corrected chi connectivity index (χ3v) is 1.17. The smallest absolute Gasteiger partial charge is 0.157 e. The van der Waals surface area contributed by atoms with Crippen molar-refractivity contribution >= 4 is 0 Å². The molecule has 0 saturated carbocycles. The van der Waals surface area contributed by atoms with Gasteiger partial charge >= 0.3 is 0 Å². The highest BCUT2D eigenvalue weighted by Crippen LogP contribution is 2.05. The van der Waals surface area contributed by atoms with Crippen molar-refractivity contribution in [2.24, 2.45) is 0 Å². The minimum Gasteiger partial charge on any atom is -0.353 e. The van der Waals surface area contributed by atoms with Crippen LogP contribution in [-0.4, -0.2) is 19.4 Å². The molecule has 0 aromatic carbocycles. The van der Waals surface area contributed by atoms with Gasteiger partial charge in [-0.25, -0.2) is 0 Å². The van der Waals surface area contributed by atoms with Crippen molar-refractivity contribution in [3.63, 3.8) is 0 Å². The first kappa shape index (κ1) is 2.71. The van der Waals surface area contributed by atoms with E-state index in [1.54, 1.807) is 6.92 Å². The van der Waals surface area contributed by atoms with Crippen LogP contribution in [0.15, 0.2) is 0 Å². The topological polar surface area (TPSA) is 18.5 Å². The molecule has 0 unspecified atom stereocenters. The first-order valence-corrected chi connectivity index (χ1v) is 3.50. The summed E-state index contributed by atoms with van der Waals surface area (Å²) in [5.41, 5.74) is 0. The summed E-state index contributed by atoms with van der Waals surface area (Å²) in [5, 5.41) is 0. The van der Waals surface area contributed by atoms with E-state index in [4.69, 9.17) is 23.2 Å². The summed E-state index contributed by atoms with van der Waals surface area (Å²) in [4.78, 5) is 0. The Morgan fingerprint density at radius 3 is 2.45 bits per heavy atom. The zero-order valence-corrected chi connectivity index (χ0v) is 6.52. The van der Waals surface area contributed by atoms with Crippen molar-refractivity contribution in [2.45, 2.75) is 46.2 Å². The minimum absolute atomic E-state index is 0.0261. The fourth-order valence-electron chi connectivity index (χ4n) is 0.644. The van der Waals surface area contributed by atoms with Crippen LogP contribution in [0.4, 0.5) is 0 Å². The molecule has 0 aromatic rings. The Hall–Kier alpha value is -0.0800. The van der Waals surface area contributed by atoms with E-state index in [0.717, 1.165) is 0 Å². The second-order valence-electron chi connectivity index (χ2n) is 2.01. The molecule has 0 rings (SSSR count). The molecule has 0 N–H and O–H groups in total. The molecule has 0 amide bonds. The first-order valence-electron chi connectivity index (χ1n) is 8.50. The Balaban J connectivity index is 5.07. The van der Waals surface area contributed by atoms with Gasteiger partial charge in [0.1, 0.15) is 0 Å². The summed E-state index contributed by atoms with van der Waals surface area (Å²) < 4.78 is 81.0. The van der Waals surface area contributed by atoms with Crippen LogP contribution in [0.5, 0.6) is 0 Å². The lowest BCUT2D eigenvalue weighted by atomic mass is 10.2. The quantitative estimate of drug-likeness (QED) is 0.547. The molecule has 0 aliphatic heterocycles. The molecule has 0 bridgehead atoms. The van der Waals surface area contributed by atoms with Crippen molar-refractivity contribution in [1.82, 2.24) is 0 Å². The van der Waals surface area contributed by atoms with Crippen LogP contribution in [0.1, 0.15) is 53.6 Å². The molecule has 68 valence electrons. The molecule has 0 aliphatic carbocycles. The Kier molecular flexibility index (Phi) is 1.97. The second kappa shape index (κ2) is 8.02. The monoisotopic (exact) mass is 170 g/mol. The number of hydrogen-bond donors (Lipinski definition) is 0. The zero-order valence-electron chi connectivity index (χ0n) is 16.5. The third kappa shape index (κ3) is 6.32. The summed E-state index contributed by atoms with van der Waals surface area (Å²) in [6.45, 7) is -10.6. The molecule has 2 nitrogen and oxygen atoms in total. The van der Waals surface area contributed by atoms with E-state index >= 15 is 0 Å². The summed E-state index contributed by atoms with van der Waals surface area (Å²) in [6, 6.07) is 0. The SMILES string of the molecule is [2H]C([2H])([2H])C([2H])([2H])OC(CCCC)OC([2H])([2H])C([2H])([2H])[2H]. The number of hydrogen-bond acceptors (Lipinski definition) is 2. The van der Waals surface area contributed by atoms with Gasteiger partial charge in [-0.15, -0.1) is 0 Å². The van der Waals surface area contributed by atoms with E-state index in [9.17, 15) is 0 Å². The molecule has 0 radical (unpaired) electrons. The lowest BCUT2D eigenvalue weighted by Gasteiger charge is -2.15. The van der Waals surface area contributed by atoms with E-state index in [-0.39, 0.29) is 6.42 Å². The van der Waals surface area contributed by atoms with E-state index in [2.05, 4.69) is 0 Å². The Labute approximate surface area is 83.9 Å². The Morgan fingerprint density at radius 2 is 2.00 bits per heavy atom. The molecular formula is C9H20O2. The molecule has 11 heavy (non-hydrogen) atoms. The fourth-order valence-corrected chi connectivity index (χ4v) is 0.644. The molecule has 0 saturated heterocycles. The van der Waals surface area contributed by atoms with Crippen molar-refractivity contribution in [2.75, 3.05) is 13.1 Å². The predicted octanol–water partition coefficient (Wildman–Crippen LogP) is 2.58. The summed E-state index contributed by atoms with van der Waals surface area (Å²) in [6.07, 6.45) is -0.576. The number of unbranched alkanes of at least 4 members (excludes halogenated alkanes) is 1. The van der Waals surface area contributed by atoms with Gasteiger partial charge in [0.05, 0.1) is 5.48 Å². The van der Waals surface area contributed by atoms with Crippen LogP contribution in [0, 0.1) is 0 Å². The van der Waals surface area contributed by atoms with Gasteiger partial charge in [-0.3, -0.25) is 0 Å². The predicted molar refractivity (Wildman–Crippen MR) is 46.6 cm³/mol. The van der Waals surface area contributed by atoms with Gasteiger partial charge in [-0.1, -0.05) is 13.3 Å². The fraction of sp³-hybridized carbons (Fsp3) is 1.00. The molecular weight excluding hydrogens is 140 g/mol. The summed E-state index contributed by atoms with van der Waals surface area (Å²) in [7, 11) is 0. The van der Waals surface area contributed by atoms with Crippen LogP contribution in [-0.2, 0) is 9.47 Å². The lowest BCUT2D eigenvalue weighted by Crippen LogP contribution is -2.16. The van der Waals surface area contributed by atoms with E-state index in [1.807, 2.05) is 0 Å². The maximum Gasteiger partial charge on any atom is 0.157 e. The van der Waals surface area contributed by atoms with Crippen LogP contribution in [0.3, 0.4) is 0 Å². The lowest BCUT2D eigenvalue weighted by molar-refractivity contribution is -0.140. The van der Waals surface area contributed by atoms with Crippen molar-refractivity contribution in [3.8, 4) is 0 Å². The average Bonchev–Trinajstić information content (AvgIpc) is 2.21. The van der Waals surface area contributed by atoms with Crippen LogP contribution in [0.25, 0.3) is 0 Å². The van der Waals surface area contributed by atoms with Crippen LogP contribution < -0.4 is 0 Å². The van der Waals surface area contributed by atoms with Gasteiger partial charge in [0.15, 0.2) is 6.29 Å². The van der Waals surface area contributed by atoms with Crippen LogP contribution in [0.2, 0.25) is 0 Å². The molecule has 0 aromatic heterocycles. The van der Waals surface area contributed by atoms with E-state index < -0.39 is 33.1 Å². The molecule has 2 heteroatoms. The van der Waals surface area contributed by atoms with Crippen molar-refractivity contribution in [3.05, 3.63) is 0 Å². The largest absolute Gasteiger partial charge is 0.353 e. The summed E-state index contributed by atoms with van der Waals surface area (Å²) in [5.74, 6) is 0. The van der Waals surface area contributed by atoms with Crippen LogP contribution >= 0.6 is 0 Å². The van der Waals surface area contributed by atoms with Crippen molar-refractivity contribution < 1.29 is 23.2 Å². The highest BCUT2D eigenvalue weighted by atomic mass is 16.7. The highest BCUT2D eigenvalue weighted by molar-refractivity contribution is 4.44. The Morgan fingerprint density at radius 1 is 1.36 bits per heavy atom. The van der Waals surface area contributed by atoms with Gasteiger partial charge < -0.3 is 9.47 Å². The van der Waals surface area contributed by atoms with Gasteiger partial charge in [0.25, 0.3) is 0 Å². The van der Waals surface area contributed by atoms with E-state index in [0.29, 0.717) is 12.8 Å². The van der Waals surface area contributed by atoms with Gasteiger partial charge in [0.2, 0.25) is 0 Å². The highest BCUT2D eigenvalue weighted by Gasteiger charge is 2.05. The maximum atomic E-state index is 7.35. The molecule has 0 heterocycles. The summed E-state index contributed by atoms with van der Waals surface area (Å²) >= 11 is 0. The second-order valence-corrected chi connectivity index (χ2v) is 2.01. The maximum absolute atomic E-state index is 7.35. The van der Waals surface area contributed by atoms with E-state index in [1.165, 1.54) is 0 Å². The molecule has 0 fully saturated rings. The Bertz CT molecular complexity index is 293. The van der Waals surface area contributed by atoms with Gasteiger partial charge in [0, 0.05) is 21.3 Å². The van der Waals surface area contributed by atoms with Crippen molar-refractivity contribution in [1.29, 1.82) is 0 Å². The van der Waals surface area contributed by atoms with Gasteiger partial charge in [-0.05, 0) is 26.5 Å². The van der Waals surface area contributed by atoms with Gasteiger partial charge in [-0.2, -0.15) is 0 Å². The third-order valence-electron chi connectivity index (χ3n) is 1.17. The molecule has 0 aliphatic rings. The standard InChI is InChI=1S/C9H20O2/c1-4-7-8-9(10-5-2)11-6-3/h9H,4-8H2,1-3H3/i2D3,3D3,5D2,6D2. The molecule has 0 spiro atoms. The first-order chi connectivity index (χ1) is 9.14. The number of rotatable bonds is 7. The zero-order chi connectivity index (χ0) is 17.1. The minimum atomic E-state index is -3.10.